The van der Waals surface area contributed by atoms with Crippen LogP contribution in [0.25, 0.3) is 106 Å². The highest BCUT2D eigenvalue weighted by Crippen LogP contribution is 2.53. The normalized spacial score (nSPS) is 15.9. The Morgan fingerprint density at radius 3 is 1.43 bits per heavy atom. The Labute approximate surface area is 579 Å². The highest BCUT2D eigenvalue weighted by Gasteiger charge is 2.45. The fourth-order valence-corrected chi connectivity index (χ4v) is 13.2. The van der Waals surface area contributed by atoms with E-state index in [0.717, 1.165) is 16.7 Å². The lowest BCUT2D eigenvalue weighted by molar-refractivity contribution is 0.590. The van der Waals surface area contributed by atoms with Gasteiger partial charge in [-0.15, -0.1) is 0 Å². The van der Waals surface area contributed by atoms with Crippen LogP contribution in [0.1, 0.15) is 57.9 Å². The van der Waals surface area contributed by atoms with E-state index < -0.39 is 174 Å². The van der Waals surface area contributed by atoms with Crippen LogP contribution in [-0.4, -0.2) is 26.2 Å². The molecule has 2 aliphatic heterocycles. The Morgan fingerprint density at radius 1 is 0.366 bits per heavy atom. The summed E-state index contributed by atoms with van der Waals surface area (Å²) < 4.78 is 213. The molecule has 0 N–H and O–H groups in total. The van der Waals surface area contributed by atoms with Gasteiger partial charge in [0.25, 0.3) is 6.71 Å². The third kappa shape index (κ3) is 9.62. The van der Waals surface area contributed by atoms with Crippen molar-refractivity contribution < 1.29 is 31.5 Å². The molecular formula is C85H60BClN6. The van der Waals surface area contributed by atoms with Crippen LogP contribution in [0.3, 0.4) is 0 Å². The second-order valence-corrected chi connectivity index (χ2v) is 24.0. The summed E-state index contributed by atoms with van der Waals surface area (Å²) in [5.74, 6) is -1.45. The molecule has 0 saturated carbocycles. The van der Waals surface area contributed by atoms with Crippen LogP contribution in [0.4, 0.5) is 34.1 Å². The van der Waals surface area contributed by atoms with Crippen LogP contribution >= 0.6 is 11.6 Å². The highest BCUT2D eigenvalue weighted by atomic mass is 35.5. The molecule has 0 fully saturated rings. The van der Waals surface area contributed by atoms with Crippen molar-refractivity contribution in [2.45, 2.75) is 26.2 Å². The molecule has 15 aromatic rings. The SMILES string of the molecule is [2H]c1c([2H])c([2H])c(-c2ccc3c(c2)N(c2ccc(-c4ccccc4)cc2-c2ccccc2)c2cc(Cl)cc4c2B3c2ccc(-n3c5c([2H])c([2H])c([2H])c([2H])c5c5c([2H])c([2H])c([2H])c([2H])c53)cc2N4c2c(-c3ccccc3)cc(C(C)(C)C)cc2-c2nc(-c3c([2H])c([2H])c([2H])c([2H])c3[2H])nc(-c3c([2H])c([2H])c([2H])c([2H])c3[2H])n2)c([2H])c1[2H]. The lowest BCUT2D eigenvalue weighted by Crippen LogP contribution is -2.61. The summed E-state index contributed by atoms with van der Waals surface area (Å²) in [6, 6.07) is 37.3. The summed E-state index contributed by atoms with van der Waals surface area (Å²) >= 11 is 7.94. The van der Waals surface area contributed by atoms with Gasteiger partial charge in [0.05, 0.1) is 53.9 Å². The van der Waals surface area contributed by atoms with Gasteiger partial charge < -0.3 is 14.4 Å². The molecule has 0 unspecified atom stereocenters. The molecule has 0 saturated heterocycles. The molecule has 440 valence electrons. The predicted molar refractivity (Wildman–Crippen MR) is 390 cm³/mol. The monoisotopic (exact) mass is 1230 g/mol. The number of nitrogens with zero attached hydrogens (tertiary/aromatic N) is 6. The molecular weight excluding hydrogens is 1150 g/mol. The van der Waals surface area contributed by atoms with Crippen LogP contribution in [0.15, 0.2) is 309 Å². The van der Waals surface area contributed by atoms with Crippen molar-refractivity contribution in [1.29, 1.82) is 0 Å². The van der Waals surface area contributed by atoms with Gasteiger partial charge >= 0.3 is 0 Å². The van der Waals surface area contributed by atoms with E-state index in [1.165, 1.54) is 4.57 Å². The lowest BCUT2D eigenvalue weighted by atomic mass is 9.33. The van der Waals surface area contributed by atoms with E-state index in [9.17, 15) is 16.4 Å². The average Bonchev–Trinajstić information content (AvgIpc) is 0.848. The van der Waals surface area contributed by atoms with E-state index in [4.69, 9.17) is 41.6 Å². The van der Waals surface area contributed by atoms with Gasteiger partial charge in [-0.25, -0.2) is 15.0 Å². The van der Waals surface area contributed by atoms with Gasteiger partial charge in [0.15, 0.2) is 17.5 Å². The Morgan fingerprint density at radius 2 is 0.839 bits per heavy atom. The third-order valence-electron chi connectivity index (χ3n) is 17.1. The summed E-state index contributed by atoms with van der Waals surface area (Å²) in [5, 5.41) is -0.290. The summed E-state index contributed by atoms with van der Waals surface area (Å²) in [6.07, 6.45) is 0. The molecule has 8 heteroatoms. The lowest BCUT2D eigenvalue weighted by Gasteiger charge is -2.45. The minimum atomic E-state index is -0.949. The van der Waals surface area contributed by atoms with Gasteiger partial charge in [0.2, 0.25) is 0 Å². The Balaban J connectivity index is 1.08. The summed E-state index contributed by atoms with van der Waals surface area (Å²) in [4.78, 5) is 18.9. The van der Waals surface area contributed by atoms with Crippen molar-refractivity contribution in [2.75, 3.05) is 9.80 Å². The minimum absolute atomic E-state index is 0.0868. The van der Waals surface area contributed by atoms with Crippen LogP contribution in [0.2, 0.25) is 5.02 Å². The summed E-state index contributed by atoms with van der Waals surface area (Å²) in [5.41, 5.74) is 6.77. The second-order valence-electron chi connectivity index (χ2n) is 23.6. The average molecular weight is 1230 g/mol. The van der Waals surface area contributed by atoms with E-state index in [2.05, 4.69) is 6.07 Å². The maximum atomic E-state index is 9.77. The van der Waals surface area contributed by atoms with Crippen molar-refractivity contribution in [2.24, 2.45) is 0 Å². The van der Waals surface area contributed by atoms with Gasteiger partial charge in [-0.3, -0.25) is 0 Å². The molecule has 2 aromatic heterocycles. The fourth-order valence-electron chi connectivity index (χ4n) is 13.0. The summed E-state index contributed by atoms with van der Waals surface area (Å²) in [7, 11) is 0. The molecule has 93 heavy (non-hydrogen) atoms. The Hall–Kier alpha value is -11.4. The van der Waals surface area contributed by atoms with Gasteiger partial charge in [0.1, 0.15) is 0 Å². The van der Waals surface area contributed by atoms with E-state index in [1.54, 1.807) is 48.5 Å². The third-order valence-corrected chi connectivity index (χ3v) is 17.4. The quantitative estimate of drug-likeness (QED) is 0.128. The van der Waals surface area contributed by atoms with Crippen molar-refractivity contribution in [1.82, 2.24) is 19.5 Å². The van der Waals surface area contributed by atoms with Crippen molar-refractivity contribution in [3.8, 4) is 84.4 Å². The van der Waals surface area contributed by atoms with Gasteiger partial charge in [-0.2, -0.15) is 0 Å². The van der Waals surface area contributed by atoms with Crippen molar-refractivity contribution in [3.63, 3.8) is 0 Å². The van der Waals surface area contributed by atoms with Crippen LogP contribution < -0.4 is 26.2 Å². The number of hydrogen-bond acceptors (Lipinski definition) is 5. The standard InChI is InChI=1S/C85H60BClN6/c1-85(2,3)63-50-69(58-32-16-7-17-33-58)81(70(51-63)84-89-82(59-34-18-8-19-35-59)88-83(90-84)60-36-20-9-21-37-60)93-77-54-65(91-73-40-24-22-38-66(73)67-39-23-25-41-74(67)91)44-46-72(77)86-71-45-42-62(56-28-12-5-13-29-56)49-76(71)92(78-52-64(87)53-79(93)80(78)86)75-47-43-61(55-26-10-4-11-27-55)48-68(75)57-30-14-6-15-31-57/h4-54H,1-3H3/i5D,8D,9D,12D,13D,18D,19D,20D,21D,22D,23D,24D,25D,28D,29D,34D,35D,36D,37D,38D,39D,40D,41D. The van der Waals surface area contributed by atoms with Crippen molar-refractivity contribution in [3.05, 3.63) is 319 Å². The number of halogens is 1. The van der Waals surface area contributed by atoms with Crippen LogP contribution in [-0.2, 0) is 5.41 Å². The number of rotatable bonds is 10. The zero-order chi connectivity index (χ0) is 82.3. The summed E-state index contributed by atoms with van der Waals surface area (Å²) in [6.45, 7) is 4.94. The first-order valence-corrected chi connectivity index (χ1v) is 30.3. The number of fused-ring (bicyclic) bond motifs is 7. The van der Waals surface area contributed by atoms with E-state index >= 15 is 0 Å². The topological polar surface area (TPSA) is 50.1 Å². The molecule has 0 aliphatic carbocycles. The number of anilines is 6. The molecule has 17 rings (SSSR count). The zero-order valence-electron chi connectivity index (χ0n) is 72.8. The molecule has 4 heterocycles. The van der Waals surface area contributed by atoms with E-state index in [1.807, 2.05) is 146 Å². The molecule has 0 radical (unpaired) electrons. The molecule has 0 atom stereocenters. The molecule has 2 aliphatic rings. The number of para-hydroxylation sites is 2. The molecule has 0 bridgehead atoms. The number of aromatic nitrogens is 4. The zero-order valence-corrected chi connectivity index (χ0v) is 50.6. The Kier molecular flexibility index (Phi) is 8.83. The molecule has 0 spiro atoms. The first-order valence-electron chi connectivity index (χ1n) is 41.4. The Bertz CT molecular complexity index is 6590. The maximum absolute atomic E-state index is 9.77. The fraction of sp³-hybridized carbons (Fsp3) is 0.0471. The van der Waals surface area contributed by atoms with Crippen molar-refractivity contribution >= 4 is 90.6 Å². The molecule has 6 nitrogen and oxygen atoms in total. The molecule has 13 aromatic carbocycles. The highest BCUT2D eigenvalue weighted by molar-refractivity contribution is 7.00. The largest absolute Gasteiger partial charge is 0.311 e. The smallest absolute Gasteiger partial charge is 0.252 e. The van der Waals surface area contributed by atoms with E-state index in [-0.39, 0.29) is 66.4 Å². The first-order chi connectivity index (χ1) is 55.2. The minimum Gasteiger partial charge on any atom is -0.311 e. The number of hydrogen-bond donors (Lipinski definition) is 0. The van der Waals surface area contributed by atoms with Gasteiger partial charge in [0, 0.05) is 72.0 Å². The van der Waals surface area contributed by atoms with Crippen LogP contribution in [0.5, 0.6) is 0 Å². The predicted octanol–water partition coefficient (Wildman–Crippen LogP) is 20.7. The van der Waals surface area contributed by atoms with Gasteiger partial charge in [-0.1, -0.05) is 275 Å². The second kappa shape index (κ2) is 22.5. The maximum Gasteiger partial charge on any atom is 0.252 e. The van der Waals surface area contributed by atoms with Crippen LogP contribution in [0, 0.1) is 0 Å². The van der Waals surface area contributed by atoms with Gasteiger partial charge in [-0.05, 0) is 127 Å². The first kappa shape index (κ1) is 36.5. The molecule has 0 amide bonds. The van der Waals surface area contributed by atoms with E-state index in [0.29, 0.717) is 61.4 Å². The number of benzene rings is 13.